The first kappa shape index (κ1) is 13.4. The van der Waals surface area contributed by atoms with Crippen LogP contribution < -0.4 is 5.32 Å². The van der Waals surface area contributed by atoms with Crippen molar-refractivity contribution in [2.24, 2.45) is 5.92 Å². The highest BCUT2D eigenvalue weighted by atomic mass is 127. The molecule has 1 N–H and O–H groups in total. The largest absolute Gasteiger partial charge is 0.384 e. The van der Waals surface area contributed by atoms with Gasteiger partial charge in [0.25, 0.3) is 0 Å². The van der Waals surface area contributed by atoms with E-state index in [1.165, 1.54) is 0 Å². The predicted molar refractivity (Wildman–Crippen MR) is 73.4 cm³/mol. The Labute approximate surface area is 110 Å². The summed E-state index contributed by atoms with van der Waals surface area (Å²) in [5, 5.41) is 2.90. The Morgan fingerprint density at radius 2 is 2.19 bits per heavy atom. The van der Waals surface area contributed by atoms with Crippen LogP contribution in [-0.2, 0) is 9.53 Å². The number of carbonyl (C=O) groups excluding carboxylic acids is 1. The fourth-order valence-corrected chi connectivity index (χ4v) is 1.95. The van der Waals surface area contributed by atoms with Gasteiger partial charge in [0.15, 0.2) is 0 Å². The van der Waals surface area contributed by atoms with Crippen molar-refractivity contribution in [2.75, 3.05) is 19.0 Å². The van der Waals surface area contributed by atoms with Crippen LogP contribution in [0.25, 0.3) is 0 Å². The van der Waals surface area contributed by atoms with Gasteiger partial charge in [-0.15, -0.1) is 0 Å². The molecule has 0 aliphatic rings. The number of benzene rings is 1. The molecule has 1 atom stereocenters. The fourth-order valence-electron chi connectivity index (χ4n) is 1.42. The predicted octanol–water partition coefficient (Wildman–Crippen LogP) is 2.90. The second kappa shape index (κ2) is 6.85. The van der Waals surface area contributed by atoms with Gasteiger partial charge < -0.3 is 10.1 Å². The Morgan fingerprint density at radius 3 is 2.81 bits per heavy atom. The normalized spacial score (nSPS) is 12.2. The van der Waals surface area contributed by atoms with Crippen LogP contribution in [0.15, 0.2) is 24.3 Å². The minimum atomic E-state index is 0.0358. The standard InChI is InChI=1S/C12H16INO2/c1-9(8-16-2)7-12(15)14-11-6-4-3-5-10(11)13/h3-6,9H,7-8H2,1-2H3,(H,14,15). The molecule has 0 saturated carbocycles. The molecule has 0 heterocycles. The van der Waals surface area contributed by atoms with Gasteiger partial charge in [-0.2, -0.15) is 0 Å². The van der Waals surface area contributed by atoms with Gasteiger partial charge in [-0.1, -0.05) is 19.1 Å². The molecule has 1 aromatic rings. The van der Waals surface area contributed by atoms with E-state index in [2.05, 4.69) is 27.9 Å². The van der Waals surface area contributed by atoms with Crippen molar-refractivity contribution in [1.29, 1.82) is 0 Å². The number of anilines is 1. The molecule has 0 radical (unpaired) electrons. The van der Waals surface area contributed by atoms with Crippen LogP contribution in [0.4, 0.5) is 5.69 Å². The van der Waals surface area contributed by atoms with Crippen LogP contribution in [0.2, 0.25) is 0 Å². The molecule has 88 valence electrons. The van der Waals surface area contributed by atoms with E-state index in [1.54, 1.807) is 7.11 Å². The van der Waals surface area contributed by atoms with Gasteiger partial charge >= 0.3 is 0 Å². The lowest BCUT2D eigenvalue weighted by Gasteiger charge is -2.11. The number of nitrogens with one attached hydrogen (secondary N) is 1. The van der Waals surface area contributed by atoms with Crippen LogP contribution in [-0.4, -0.2) is 19.6 Å². The van der Waals surface area contributed by atoms with Gasteiger partial charge in [0, 0.05) is 23.7 Å². The molecular weight excluding hydrogens is 317 g/mol. The van der Waals surface area contributed by atoms with E-state index in [9.17, 15) is 4.79 Å². The quantitative estimate of drug-likeness (QED) is 0.842. The minimum absolute atomic E-state index is 0.0358. The number of methoxy groups -OCH3 is 1. The van der Waals surface area contributed by atoms with Gasteiger partial charge in [0.2, 0.25) is 5.91 Å². The smallest absolute Gasteiger partial charge is 0.224 e. The summed E-state index contributed by atoms with van der Waals surface area (Å²) in [6, 6.07) is 7.73. The highest BCUT2D eigenvalue weighted by Gasteiger charge is 2.09. The second-order valence-electron chi connectivity index (χ2n) is 3.79. The van der Waals surface area contributed by atoms with E-state index < -0.39 is 0 Å². The molecule has 0 aromatic heterocycles. The highest BCUT2D eigenvalue weighted by molar-refractivity contribution is 14.1. The maximum atomic E-state index is 11.7. The van der Waals surface area contributed by atoms with Gasteiger partial charge in [-0.05, 0) is 40.6 Å². The van der Waals surface area contributed by atoms with Gasteiger partial charge in [-0.25, -0.2) is 0 Å². The van der Waals surface area contributed by atoms with Gasteiger partial charge in [0.1, 0.15) is 0 Å². The van der Waals surface area contributed by atoms with Crippen molar-refractivity contribution in [2.45, 2.75) is 13.3 Å². The zero-order chi connectivity index (χ0) is 12.0. The molecule has 0 aliphatic heterocycles. The number of hydrogen-bond acceptors (Lipinski definition) is 2. The zero-order valence-electron chi connectivity index (χ0n) is 9.50. The molecule has 0 aliphatic carbocycles. The summed E-state index contributed by atoms with van der Waals surface area (Å²) in [5.74, 6) is 0.278. The van der Waals surface area contributed by atoms with Crippen molar-refractivity contribution in [3.8, 4) is 0 Å². The summed E-state index contributed by atoms with van der Waals surface area (Å²) >= 11 is 2.20. The number of halogens is 1. The molecule has 0 bridgehead atoms. The molecule has 1 aromatic carbocycles. The van der Waals surface area contributed by atoms with Crippen molar-refractivity contribution in [3.05, 3.63) is 27.8 Å². The molecule has 1 unspecified atom stereocenters. The first-order valence-electron chi connectivity index (χ1n) is 5.16. The van der Waals surface area contributed by atoms with Crippen LogP contribution in [0.5, 0.6) is 0 Å². The average molecular weight is 333 g/mol. The molecule has 3 nitrogen and oxygen atoms in total. The molecule has 16 heavy (non-hydrogen) atoms. The first-order chi connectivity index (χ1) is 7.63. The Kier molecular flexibility index (Phi) is 5.76. The fraction of sp³-hybridized carbons (Fsp3) is 0.417. The van der Waals surface area contributed by atoms with Crippen molar-refractivity contribution in [1.82, 2.24) is 0 Å². The van der Waals surface area contributed by atoms with Crippen LogP contribution in [0.3, 0.4) is 0 Å². The zero-order valence-corrected chi connectivity index (χ0v) is 11.7. The van der Waals surface area contributed by atoms with E-state index in [1.807, 2.05) is 31.2 Å². The van der Waals surface area contributed by atoms with Crippen molar-refractivity contribution in [3.63, 3.8) is 0 Å². The lowest BCUT2D eigenvalue weighted by Crippen LogP contribution is -2.18. The average Bonchev–Trinajstić information content (AvgIpc) is 2.21. The number of ether oxygens (including phenoxy) is 1. The number of rotatable bonds is 5. The van der Waals surface area contributed by atoms with Gasteiger partial charge in [0.05, 0.1) is 5.69 Å². The topological polar surface area (TPSA) is 38.3 Å². The summed E-state index contributed by atoms with van der Waals surface area (Å²) in [4.78, 5) is 11.7. The van der Waals surface area contributed by atoms with E-state index in [4.69, 9.17) is 4.74 Å². The van der Waals surface area contributed by atoms with Crippen LogP contribution >= 0.6 is 22.6 Å². The number of amides is 1. The molecule has 1 amide bonds. The monoisotopic (exact) mass is 333 g/mol. The highest BCUT2D eigenvalue weighted by Crippen LogP contribution is 2.17. The third-order valence-corrected chi connectivity index (χ3v) is 3.07. The number of hydrogen-bond donors (Lipinski definition) is 1. The van der Waals surface area contributed by atoms with E-state index in [0.717, 1.165) is 9.26 Å². The summed E-state index contributed by atoms with van der Waals surface area (Å²) < 4.78 is 6.05. The van der Waals surface area contributed by atoms with Crippen molar-refractivity contribution < 1.29 is 9.53 Å². The third-order valence-electron chi connectivity index (χ3n) is 2.13. The Morgan fingerprint density at radius 1 is 1.50 bits per heavy atom. The molecule has 0 saturated heterocycles. The lowest BCUT2D eigenvalue weighted by molar-refractivity contribution is -0.117. The minimum Gasteiger partial charge on any atom is -0.384 e. The second-order valence-corrected chi connectivity index (χ2v) is 4.95. The first-order valence-corrected chi connectivity index (χ1v) is 6.24. The van der Waals surface area contributed by atoms with Crippen LogP contribution in [0.1, 0.15) is 13.3 Å². The maximum absolute atomic E-state index is 11.7. The summed E-state index contributed by atoms with van der Waals surface area (Å²) in [5.41, 5.74) is 0.873. The van der Waals surface area contributed by atoms with E-state index in [0.29, 0.717) is 13.0 Å². The maximum Gasteiger partial charge on any atom is 0.224 e. The van der Waals surface area contributed by atoms with E-state index in [-0.39, 0.29) is 11.8 Å². The van der Waals surface area contributed by atoms with Gasteiger partial charge in [-0.3, -0.25) is 4.79 Å². The molecular formula is C12H16INO2. The SMILES string of the molecule is COCC(C)CC(=O)Nc1ccccc1I. The summed E-state index contributed by atoms with van der Waals surface area (Å²) in [6.07, 6.45) is 0.485. The molecule has 0 fully saturated rings. The summed E-state index contributed by atoms with van der Waals surface area (Å²) in [6.45, 7) is 2.61. The summed E-state index contributed by atoms with van der Waals surface area (Å²) in [7, 11) is 1.65. The molecule has 0 spiro atoms. The number of carbonyl (C=O) groups is 1. The lowest BCUT2D eigenvalue weighted by atomic mass is 10.1. The van der Waals surface area contributed by atoms with E-state index >= 15 is 0 Å². The Bertz CT molecular complexity index is 355. The third kappa shape index (κ3) is 4.49. The van der Waals surface area contributed by atoms with Crippen molar-refractivity contribution >= 4 is 34.2 Å². The Balaban J connectivity index is 2.49. The molecule has 1 rings (SSSR count). The van der Waals surface area contributed by atoms with Crippen LogP contribution in [0, 0.1) is 9.49 Å². The Hall–Kier alpha value is -0.620. The number of para-hydroxylation sites is 1. The molecule has 4 heteroatoms.